The predicted molar refractivity (Wildman–Crippen MR) is 126 cm³/mol. The molecule has 1 fully saturated rings. The van der Waals surface area contributed by atoms with Crippen molar-refractivity contribution in [2.24, 2.45) is 4.99 Å². The molecule has 1 atom stereocenters. The fourth-order valence-electron chi connectivity index (χ4n) is 3.74. The average molecular weight is 439 g/mol. The van der Waals surface area contributed by atoms with E-state index in [9.17, 15) is 14.4 Å². The van der Waals surface area contributed by atoms with Crippen LogP contribution in [-0.2, 0) is 9.59 Å². The largest absolute Gasteiger partial charge is 0.325 e. The first-order chi connectivity index (χ1) is 15.6. The summed E-state index contributed by atoms with van der Waals surface area (Å²) in [5, 5.41) is 4.82. The molecule has 0 aromatic heterocycles. The van der Waals surface area contributed by atoms with Crippen molar-refractivity contribution in [3.8, 4) is 0 Å². The zero-order chi connectivity index (χ0) is 22.1. The van der Waals surface area contributed by atoms with Gasteiger partial charge in [-0.25, -0.2) is 0 Å². The fraction of sp³-hybridized carbons (Fsp3) is 0.0400. The van der Waals surface area contributed by atoms with Crippen molar-refractivity contribution in [2.75, 3.05) is 5.32 Å². The summed E-state index contributed by atoms with van der Waals surface area (Å²) in [5.41, 5.74) is 4.69. The maximum absolute atomic E-state index is 12.9. The van der Waals surface area contributed by atoms with Gasteiger partial charge in [-0.15, -0.1) is 0 Å². The third kappa shape index (κ3) is 3.86. The van der Waals surface area contributed by atoms with E-state index in [4.69, 9.17) is 4.99 Å². The van der Waals surface area contributed by atoms with E-state index >= 15 is 0 Å². The van der Waals surface area contributed by atoms with Gasteiger partial charge in [0, 0.05) is 5.69 Å². The number of nitrogens with one attached hydrogen (secondary N) is 2. The number of aliphatic imine (C=N–C) groups is 1. The number of benzene rings is 3. The SMILES string of the molecule is O=C1NC(=O)C(=Cc2ccc(N=C(c3ccccc3)C3C(=O)Nc4ccccc43)cc2)S1. The van der Waals surface area contributed by atoms with E-state index in [0.717, 1.165) is 34.1 Å². The number of nitrogens with zero attached hydrogens (tertiary/aromatic N) is 1. The van der Waals surface area contributed by atoms with E-state index in [1.165, 1.54) is 0 Å². The first-order valence-corrected chi connectivity index (χ1v) is 10.8. The van der Waals surface area contributed by atoms with Crippen molar-refractivity contribution in [1.82, 2.24) is 5.32 Å². The highest BCUT2D eigenvalue weighted by Crippen LogP contribution is 2.36. The van der Waals surface area contributed by atoms with Crippen LogP contribution in [0.1, 0.15) is 22.6 Å². The summed E-state index contributed by atoms with van der Waals surface area (Å²) in [4.78, 5) is 41.2. The van der Waals surface area contributed by atoms with Gasteiger partial charge in [0.2, 0.25) is 5.91 Å². The topological polar surface area (TPSA) is 87.6 Å². The molecule has 5 rings (SSSR count). The number of hydrogen-bond donors (Lipinski definition) is 2. The van der Waals surface area contributed by atoms with Crippen molar-refractivity contribution >= 4 is 52.0 Å². The number of carbonyl (C=O) groups is 3. The van der Waals surface area contributed by atoms with E-state index in [1.807, 2.05) is 78.9 Å². The highest BCUT2D eigenvalue weighted by atomic mass is 32.2. The molecular weight excluding hydrogens is 422 g/mol. The molecule has 2 N–H and O–H groups in total. The maximum atomic E-state index is 12.9. The molecule has 156 valence electrons. The number of rotatable bonds is 4. The molecule has 2 aliphatic heterocycles. The molecule has 6 nitrogen and oxygen atoms in total. The minimum atomic E-state index is -0.514. The lowest BCUT2D eigenvalue weighted by Crippen LogP contribution is -2.21. The van der Waals surface area contributed by atoms with Crippen molar-refractivity contribution in [3.05, 3.63) is 100 Å². The summed E-state index contributed by atoms with van der Waals surface area (Å²) in [6.07, 6.45) is 1.66. The van der Waals surface area contributed by atoms with Crippen molar-refractivity contribution in [1.29, 1.82) is 0 Å². The quantitative estimate of drug-likeness (QED) is 0.449. The van der Waals surface area contributed by atoms with Crippen LogP contribution < -0.4 is 10.6 Å². The lowest BCUT2D eigenvalue weighted by atomic mass is 9.90. The van der Waals surface area contributed by atoms with Crippen LogP contribution in [0.3, 0.4) is 0 Å². The molecule has 2 heterocycles. The van der Waals surface area contributed by atoms with Crippen LogP contribution in [0.2, 0.25) is 0 Å². The molecule has 7 heteroatoms. The van der Waals surface area contributed by atoms with Gasteiger partial charge in [-0.3, -0.25) is 24.7 Å². The van der Waals surface area contributed by atoms with Gasteiger partial charge in [0.1, 0.15) is 5.92 Å². The van der Waals surface area contributed by atoms with E-state index in [-0.39, 0.29) is 17.1 Å². The molecule has 0 aliphatic carbocycles. The van der Waals surface area contributed by atoms with E-state index in [2.05, 4.69) is 10.6 Å². The number of thioether (sulfide) groups is 1. The van der Waals surface area contributed by atoms with Crippen LogP contribution in [0.15, 0.2) is 88.8 Å². The van der Waals surface area contributed by atoms with E-state index < -0.39 is 5.92 Å². The van der Waals surface area contributed by atoms with Gasteiger partial charge in [-0.05, 0) is 52.7 Å². The Morgan fingerprint density at radius 2 is 1.56 bits per heavy atom. The summed E-state index contributed by atoms with van der Waals surface area (Å²) >= 11 is 0.881. The van der Waals surface area contributed by atoms with Gasteiger partial charge in [-0.1, -0.05) is 60.7 Å². The summed E-state index contributed by atoms with van der Waals surface area (Å²) < 4.78 is 0. The fourth-order valence-corrected chi connectivity index (χ4v) is 4.42. The number of hydrogen-bond acceptors (Lipinski definition) is 5. The lowest BCUT2D eigenvalue weighted by molar-refractivity contribution is -0.116. The minimum Gasteiger partial charge on any atom is -0.325 e. The van der Waals surface area contributed by atoms with Crippen molar-refractivity contribution < 1.29 is 14.4 Å². The highest BCUT2D eigenvalue weighted by Gasteiger charge is 2.35. The van der Waals surface area contributed by atoms with Crippen LogP contribution >= 0.6 is 11.8 Å². The molecular formula is C25H17N3O3S. The molecule has 0 bridgehead atoms. The van der Waals surface area contributed by atoms with Crippen molar-refractivity contribution in [2.45, 2.75) is 5.92 Å². The molecule has 1 saturated heterocycles. The Morgan fingerprint density at radius 3 is 2.28 bits per heavy atom. The molecule has 3 aromatic rings. The third-order valence-electron chi connectivity index (χ3n) is 5.22. The Labute approximate surface area is 188 Å². The van der Waals surface area contributed by atoms with Crippen LogP contribution in [0.5, 0.6) is 0 Å². The average Bonchev–Trinajstić information content (AvgIpc) is 3.30. The molecule has 3 aromatic carbocycles. The summed E-state index contributed by atoms with van der Waals surface area (Å²) in [5.74, 6) is -1.01. The van der Waals surface area contributed by atoms with Crippen LogP contribution in [0.25, 0.3) is 6.08 Å². The second-order valence-corrected chi connectivity index (χ2v) is 8.33. The Balaban J connectivity index is 1.52. The van der Waals surface area contributed by atoms with Gasteiger partial charge in [0.25, 0.3) is 11.1 Å². The molecule has 2 aliphatic rings. The monoisotopic (exact) mass is 439 g/mol. The second-order valence-electron chi connectivity index (χ2n) is 7.32. The van der Waals surface area contributed by atoms with Crippen LogP contribution in [-0.4, -0.2) is 22.8 Å². The zero-order valence-corrected chi connectivity index (χ0v) is 17.6. The van der Waals surface area contributed by atoms with Gasteiger partial charge in [0.05, 0.1) is 16.3 Å². The maximum Gasteiger partial charge on any atom is 0.290 e. The highest BCUT2D eigenvalue weighted by molar-refractivity contribution is 8.18. The van der Waals surface area contributed by atoms with Gasteiger partial charge in [-0.2, -0.15) is 0 Å². The van der Waals surface area contributed by atoms with Gasteiger partial charge >= 0.3 is 0 Å². The predicted octanol–water partition coefficient (Wildman–Crippen LogP) is 4.87. The Hall–Kier alpha value is -3.97. The summed E-state index contributed by atoms with van der Waals surface area (Å²) in [7, 11) is 0. The lowest BCUT2D eigenvalue weighted by Gasteiger charge is -2.14. The Bertz CT molecular complexity index is 1300. The zero-order valence-electron chi connectivity index (χ0n) is 16.7. The molecule has 1 unspecified atom stereocenters. The smallest absolute Gasteiger partial charge is 0.290 e. The molecule has 0 radical (unpaired) electrons. The molecule has 32 heavy (non-hydrogen) atoms. The first-order valence-electron chi connectivity index (χ1n) is 9.97. The number of anilines is 1. The second kappa shape index (κ2) is 8.28. The number of imide groups is 1. The Morgan fingerprint density at radius 1 is 0.844 bits per heavy atom. The first kappa shape index (κ1) is 20.0. The minimum absolute atomic E-state index is 0.107. The number of carbonyl (C=O) groups excluding carboxylic acids is 3. The molecule has 0 spiro atoms. The van der Waals surface area contributed by atoms with Gasteiger partial charge in [0.15, 0.2) is 0 Å². The summed E-state index contributed by atoms with van der Waals surface area (Å²) in [6, 6.07) is 24.6. The third-order valence-corrected chi connectivity index (χ3v) is 6.03. The van der Waals surface area contributed by atoms with Crippen molar-refractivity contribution in [3.63, 3.8) is 0 Å². The summed E-state index contributed by atoms with van der Waals surface area (Å²) in [6.45, 7) is 0. The number of amides is 3. The molecule has 3 amide bonds. The number of fused-ring (bicyclic) bond motifs is 1. The molecule has 0 saturated carbocycles. The normalized spacial score (nSPS) is 19.1. The number of para-hydroxylation sites is 1. The van der Waals surface area contributed by atoms with Crippen LogP contribution in [0, 0.1) is 0 Å². The van der Waals surface area contributed by atoms with E-state index in [0.29, 0.717) is 16.3 Å². The van der Waals surface area contributed by atoms with E-state index in [1.54, 1.807) is 6.08 Å². The van der Waals surface area contributed by atoms with Gasteiger partial charge < -0.3 is 5.32 Å². The standard InChI is InChI=1S/C25H17N3O3S/c29-23-20(32-25(31)28-23)14-15-10-12-17(13-11-15)26-22(16-6-2-1-3-7-16)21-18-8-4-5-9-19(18)27-24(21)30/h1-14,21H,(H,27,30)(H,28,29,31). The Kier molecular flexibility index (Phi) is 5.17. The van der Waals surface area contributed by atoms with Crippen LogP contribution in [0.4, 0.5) is 16.2 Å².